The van der Waals surface area contributed by atoms with Crippen LogP contribution in [0.3, 0.4) is 0 Å². The van der Waals surface area contributed by atoms with Gasteiger partial charge in [0.1, 0.15) is 0 Å². The van der Waals surface area contributed by atoms with Crippen molar-refractivity contribution < 1.29 is 0 Å². The molecule has 0 aliphatic carbocycles. The molecule has 0 saturated carbocycles. The predicted octanol–water partition coefficient (Wildman–Crippen LogP) is 1.78. The van der Waals surface area contributed by atoms with Crippen molar-refractivity contribution in [1.29, 1.82) is 0 Å². The van der Waals surface area contributed by atoms with Crippen molar-refractivity contribution in [3.63, 3.8) is 0 Å². The van der Waals surface area contributed by atoms with E-state index in [1.165, 1.54) is 0 Å². The van der Waals surface area contributed by atoms with Crippen LogP contribution in [0.5, 0.6) is 0 Å². The first kappa shape index (κ1) is 6.15. The molecule has 1 heteroatoms. The average molecular weight is 95.1 g/mol. The summed E-state index contributed by atoms with van der Waals surface area (Å²) in [6.45, 7) is 5.21. The lowest BCUT2D eigenvalue weighted by atomic mass is 10.5. The molecule has 0 aromatic rings. The van der Waals surface area contributed by atoms with E-state index >= 15 is 0 Å². The highest BCUT2D eigenvalue weighted by Gasteiger charge is 1.52. The monoisotopic (exact) mass is 95.1 g/mol. The van der Waals surface area contributed by atoms with Crippen LogP contribution in [0.4, 0.5) is 0 Å². The molecule has 0 amide bonds. The molecule has 0 aromatic heterocycles. The van der Waals surface area contributed by atoms with Crippen molar-refractivity contribution in [2.24, 2.45) is 4.99 Å². The summed E-state index contributed by atoms with van der Waals surface area (Å²) in [5.41, 5.74) is 0. The Hall–Kier alpha value is -0.850. The molecule has 0 rings (SSSR count). The van der Waals surface area contributed by atoms with Gasteiger partial charge in [0, 0.05) is 6.20 Å². The van der Waals surface area contributed by atoms with Gasteiger partial charge in [0.25, 0.3) is 0 Å². The van der Waals surface area contributed by atoms with Gasteiger partial charge in [-0.05, 0) is 19.7 Å². The first-order valence-electron chi connectivity index (χ1n) is 2.15. The van der Waals surface area contributed by atoms with Crippen LogP contribution in [-0.4, -0.2) is 6.72 Å². The summed E-state index contributed by atoms with van der Waals surface area (Å²) in [6, 6.07) is 0. The fourth-order valence-corrected chi connectivity index (χ4v) is 0.222. The third-order valence-electron chi connectivity index (χ3n) is 0.495. The number of hydrogen-bond acceptors (Lipinski definition) is 1. The molecule has 0 atom stereocenters. The van der Waals surface area contributed by atoms with E-state index < -0.39 is 0 Å². The minimum Gasteiger partial charge on any atom is -0.273 e. The standard InChI is InChI=1S/C6H9N/c1-3-4-5-6-7-2/h3-6H,2H2,1H3/b4-3+,6-5+. The molecule has 0 bridgehead atoms. The Morgan fingerprint density at radius 2 is 2.14 bits per heavy atom. The highest BCUT2D eigenvalue weighted by molar-refractivity contribution is 5.26. The van der Waals surface area contributed by atoms with Crippen molar-refractivity contribution >= 4 is 6.72 Å². The van der Waals surface area contributed by atoms with E-state index in [1.807, 2.05) is 25.2 Å². The minimum atomic E-state index is 1.64. The SMILES string of the molecule is C=N/C=C/C=C/C. The lowest BCUT2D eigenvalue weighted by Crippen LogP contribution is -1.44. The summed E-state index contributed by atoms with van der Waals surface area (Å²) in [5, 5.41) is 0. The number of nitrogens with zero attached hydrogens (tertiary/aromatic N) is 1. The summed E-state index contributed by atoms with van der Waals surface area (Å²) in [6.07, 6.45) is 7.30. The van der Waals surface area contributed by atoms with Gasteiger partial charge >= 0.3 is 0 Å². The number of rotatable bonds is 2. The topological polar surface area (TPSA) is 12.4 Å². The molecule has 1 nitrogen and oxygen atoms in total. The second kappa shape index (κ2) is 5.15. The Kier molecular flexibility index (Phi) is 4.52. The molecule has 38 valence electrons. The maximum atomic E-state index is 3.49. The minimum absolute atomic E-state index is 1.64. The zero-order valence-electron chi connectivity index (χ0n) is 4.46. The van der Waals surface area contributed by atoms with Crippen LogP contribution < -0.4 is 0 Å². The Morgan fingerprint density at radius 1 is 1.43 bits per heavy atom. The first-order valence-corrected chi connectivity index (χ1v) is 2.15. The van der Waals surface area contributed by atoms with Crippen LogP contribution in [0.15, 0.2) is 29.4 Å². The average Bonchev–Trinajstić information content (AvgIpc) is 1.69. The smallest absolute Gasteiger partial charge is 0.0260 e. The second-order valence-electron chi connectivity index (χ2n) is 1.05. The molecule has 0 saturated heterocycles. The third-order valence-corrected chi connectivity index (χ3v) is 0.495. The van der Waals surface area contributed by atoms with Crippen molar-refractivity contribution in [2.45, 2.75) is 6.92 Å². The number of hydrogen-bond donors (Lipinski definition) is 0. The molecular formula is C6H9N. The predicted molar refractivity (Wildman–Crippen MR) is 33.5 cm³/mol. The van der Waals surface area contributed by atoms with Crippen LogP contribution in [0.2, 0.25) is 0 Å². The van der Waals surface area contributed by atoms with E-state index in [-0.39, 0.29) is 0 Å². The zero-order chi connectivity index (χ0) is 5.54. The van der Waals surface area contributed by atoms with Crippen molar-refractivity contribution in [3.05, 3.63) is 24.4 Å². The third kappa shape index (κ3) is 5.15. The van der Waals surface area contributed by atoms with Gasteiger partial charge in [-0.2, -0.15) is 0 Å². The Balaban J connectivity index is 3.27. The molecule has 0 radical (unpaired) electrons. The molecule has 0 heterocycles. The van der Waals surface area contributed by atoms with E-state index in [0.717, 1.165) is 0 Å². The van der Waals surface area contributed by atoms with E-state index in [1.54, 1.807) is 6.20 Å². The van der Waals surface area contributed by atoms with Gasteiger partial charge in [0.2, 0.25) is 0 Å². The molecule has 0 N–H and O–H groups in total. The fraction of sp³-hybridized carbons (Fsp3) is 0.167. The summed E-state index contributed by atoms with van der Waals surface area (Å²) >= 11 is 0. The Bertz CT molecular complexity index is 90.4. The van der Waals surface area contributed by atoms with Gasteiger partial charge in [0.05, 0.1) is 0 Å². The maximum Gasteiger partial charge on any atom is 0.0260 e. The van der Waals surface area contributed by atoms with Crippen molar-refractivity contribution in [2.75, 3.05) is 0 Å². The molecule has 7 heavy (non-hydrogen) atoms. The van der Waals surface area contributed by atoms with Crippen LogP contribution in [0, 0.1) is 0 Å². The van der Waals surface area contributed by atoms with Gasteiger partial charge in [-0.1, -0.05) is 12.2 Å². The van der Waals surface area contributed by atoms with Gasteiger partial charge in [0.15, 0.2) is 0 Å². The molecule has 0 unspecified atom stereocenters. The Labute approximate surface area is 44.1 Å². The number of allylic oxidation sites excluding steroid dienone is 3. The molecule has 0 fully saturated rings. The largest absolute Gasteiger partial charge is 0.273 e. The lowest BCUT2D eigenvalue weighted by Gasteiger charge is -1.65. The van der Waals surface area contributed by atoms with Crippen molar-refractivity contribution in [3.8, 4) is 0 Å². The maximum absolute atomic E-state index is 3.49. The summed E-state index contributed by atoms with van der Waals surface area (Å²) in [5.74, 6) is 0. The van der Waals surface area contributed by atoms with Gasteiger partial charge in [-0.15, -0.1) is 0 Å². The summed E-state index contributed by atoms with van der Waals surface area (Å²) in [4.78, 5) is 3.49. The van der Waals surface area contributed by atoms with Crippen LogP contribution in [0.1, 0.15) is 6.92 Å². The van der Waals surface area contributed by atoms with Crippen LogP contribution in [-0.2, 0) is 0 Å². The summed E-state index contributed by atoms with van der Waals surface area (Å²) < 4.78 is 0. The molecule has 0 spiro atoms. The molecule has 0 aliphatic heterocycles. The van der Waals surface area contributed by atoms with Gasteiger partial charge in [-0.25, -0.2) is 0 Å². The first-order chi connectivity index (χ1) is 3.41. The fourth-order valence-electron chi connectivity index (χ4n) is 0.222. The highest BCUT2D eigenvalue weighted by atomic mass is 14.6. The molecule has 0 aromatic carbocycles. The van der Waals surface area contributed by atoms with E-state index in [2.05, 4.69) is 11.7 Å². The number of aliphatic imine (C=N–C) groups is 1. The zero-order valence-corrected chi connectivity index (χ0v) is 4.46. The molecular weight excluding hydrogens is 86.1 g/mol. The van der Waals surface area contributed by atoms with Crippen LogP contribution >= 0.6 is 0 Å². The molecule has 0 aliphatic rings. The highest BCUT2D eigenvalue weighted by Crippen LogP contribution is 1.73. The lowest BCUT2D eigenvalue weighted by molar-refractivity contribution is 1.60. The summed E-state index contributed by atoms with van der Waals surface area (Å²) in [7, 11) is 0. The van der Waals surface area contributed by atoms with E-state index in [0.29, 0.717) is 0 Å². The van der Waals surface area contributed by atoms with Gasteiger partial charge in [-0.3, -0.25) is 4.99 Å². The van der Waals surface area contributed by atoms with Crippen molar-refractivity contribution in [1.82, 2.24) is 0 Å². The van der Waals surface area contributed by atoms with E-state index in [4.69, 9.17) is 0 Å². The normalized spacial score (nSPS) is 11.0. The van der Waals surface area contributed by atoms with E-state index in [9.17, 15) is 0 Å². The Morgan fingerprint density at radius 3 is 2.57 bits per heavy atom. The second-order valence-corrected chi connectivity index (χ2v) is 1.05. The van der Waals surface area contributed by atoms with Gasteiger partial charge < -0.3 is 0 Å². The van der Waals surface area contributed by atoms with Crippen LogP contribution in [0.25, 0.3) is 0 Å². The quantitative estimate of drug-likeness (QED) is 0.366.